The second kappa shape index (κ2) is 17.3. The fourth-order valence-corrected chi connectivity index (χ4v) is 6.22. The number of rotatable bonds is 17. The molecule has 0 aliphatic heterocycles. The third-order valence-corrected chi connectivity index (χ3v) is 8.79. The second-order valence-electron chi connectivity index (χ2n) is 10.2. The summed E-state index contributed by atoms with van der Waals surface area (Å²) in [6.45, 7) is 0.144. The molecular weight excluding hydrogens is 582 g/mol. The van der Waals surface area contributed by atoms with E-state index < -0.39 is 25.5 Å². The number of ether oxygens (including phenoxy) is 2. The number of carbonyl (C=O) groups excluding carboxylic acids is 2. The van der Waals surface area contributed by atoms with Gasteiger partial charge in [0.25, 0.3) is 0 Å². The Morgan fingerprint density at radius 1 is 0.636 bits per heavy atom. The highest BCUT2D eigenvalue weighted by Crippen LogP contribution is 2.51. The van der Waals surface area contributed by atoms with E-state index in [2.05, 4.69) is 0 Å². The SMILES string of the molecule is O=C(CC[C@H](CP(=O)(OCCc1ccc(F)cc1)OCc1ccccc1)C(=O)OCc1ccccc1)OCc1ccccc1. The van der Waals surface area contributed by atoms with Gasteiger partial charge in [-0.15, -0.1) is 0 Å². The third-order valence-electron chi connectivity index (χ3n) is 6.80. The number of esters is 2. The molecule has 0 aliphatic carbocycles. The van der Waals surface area contributed by atoms with Gasteiger partial charge in [0.05, 0.1) is 25.3 Å². The summed E-state index contributed by atoms with van der Waals surface area (Å²) in [6, 6.07) is 33.6. The van der Waals surface area contributed by atoms with Crippen molar-refractivity contribution in [3.63, 3.8) is 0 Å². The number of hydrogen-bond acceptors (Lipinski definition) is 7. The minimum Gasteiger partial charge on any atom is -0.461 e. The molecule has 7 nitrogen and oxygen atoms in total. The van der Waals surface area contributed by atoms with Gasteiger partial charge in [0.15, 0.2) is 0 Å². The lowest BCUT2D eigenvalue weighted by Gasteiger charge is -2.23. The number of halogens is 1. The molecule has 0 saturated heterocycles. The smallest absolute Gasteiger partial charge is 0.331 e. The summed E-state index contributed by atoms with van der Waals surface area (Å²) in [5.74, 6) is -2.43. The van der Waals surface area contributed by atoms with Crippen LogP contribution in [0, 0.1) is 11.7 Å². The first-order valence-corrected chi connectivity index (χ1v) is 16.2. The monoisotopic (exact) mass is 618 g/mol. The Hall–Kier alpha value is -4.10. The van der Waals surface area contributed by atoms with Crippen LogP contribution in [0.3, 0.4) is 0 Å². The van der Waals surface area contributed by atoms with Gasteiger partial charge in [-0.05, 0) is 47.2 Å². The molecule has 0 N–H and O–H groups in total. The molecule has 0 bridgehead atoms. The Bertz CT molecular complexity index is 1480. The summed E-state index contributed by atoms with van der Waals surface area (Å²) in [5.41, 5.74) is 3.21. The van der Waals surface area contributed by atoms with Crippen LogP contribution in [0.1, 0.15) is 35.1 Å². The van der Waals surface area contributed by atoms with E-state index in [1.165, 1.54) is 12.1 Å². The van der Waals surface area contributed by atoms with Gasteiger partial charge in [0, 0.05) is 6.42 Å². The highest BCUT2D eigenvalue weighted by Gasteiger charge is 2.34. The summed E-state index contributed by atoms with van der Waals surface area (Å²) >= 11 is 0. The fourth-order valence-electron chi connectivity index (χ4n) is 4.35. The molecule has 4 aromatic rings. The highest BCUT2D eigenvalue weighted by atomic mass is 31.2. The second-order valence-corrected chi connectivity index (χ2v) is 12.3. The Balaban J connectivity index is 1.45. The van der Waals surface area contributed by atoms with E-state index in [0.717, 1.165) is 22.3 Å². The summed E-state index contributed by atoms with van der Waals surface area (Å²) in [6.07, 6.45) is 0.00416. The molecule has 230 valence electrons. The zero-order valence-corrected chi connectivity index (χ0v) is 25.3. The minimum atomic E-state index is -3.89. The van der Waals surface area contributed by atoms with Crippen molar-refractivity contribution < 1.29 is 37.1 Å². The van der Waals surface area contributed by atoms with Crippen molar-refractivity contribution in [2.45, 2.75) is 39.1 Å². The molecule has 1 unspecified atom stereocenters. The van der Waals surface area contributed by atoms with Crippen LogP contribution in [0.15, 0.2) is 115 Å². The molecular formula is C35H36FO7P. The Morgan fingerprint density at radius 2 is 1.16 bits per heavy atom. The molecule has 0 radical (unpaired) electrons. The van der Waals surface area contributed by atoms with E-state index in [9.17, 15) is 18.5 Å². The maximum Gasteiger partial charge on any atom is 0.331 e. The molecule has 0 aliphatic rings. The molecule has 0 heterocycles. The first kappa shape index (κ1) is 32.8. The van der Waals surface area contributed by atoms with Gasteiger partial charge in [0.2, 0.25) is 0 Å². The molecule has 0 aromatic heterocycles. The number of benzene rings is 4. The molecule has 0 spiro atoms. The van der Waals surface area contributed by atoms with Crippen LogP contribution in [0.25, 0.3) is 0 Å². The van der Waals surface area contributed by atoms with Crippen molar-refractivity contribution in [2.24, 2.45) is 5.92 Å². The molecule has 44 heavy (non-hydrogen) atoms. The molecule has 4 rings (SSSR count). The van der Waals surface area contributed by atoms with Crippen LogP contribution in [-0.4, -0.2) is 24.7 Å². The van der Waals surface area contributed by atoms with Crippen molar-refractivity contribution in [3.05, 3.63) is 143 Å². The molecule has 9 heteroatoms. The average molecular weight is 619 g/mol. The largest absolute Gasteiger partial charge is 0.461 e. The van der Waals surface area contributed by atoms with E-state index in [0.29, 0.717) is 6.42 Å². The van der Waals surface area contributed by atoms with Crippen LogP contribution in [0.4, 0.5) is 4.39 Å². The fraction of sp³-hybridized carbons (Fsp3) is 0.257. The highest BCUT2D eigenvalue weighted by molar-refractivity contribution is 7.53. The summed E-state index contributed by atoms with van der Waals surface area (Å²) in [7, 11) is -3.89. The predicted octanol–water partition coefficient (Wildman–Crippen LogP) is 7.68. The minimum absolute atomic E-state index is 0.000430. The van der Waals surface area contributed by atoms with Crippen molar-refractivity contribution >= 4 is 19.5 Å². The van der Waals surface area contributed by atoms with Gasteiger partial charge in [0.1, 0.15) is 19.0 Å². The summed E-state index contributed by atoms with van der Waals surface area (Å²) < 4.78 is 50.2. The maximum atomic E-state index is 14.1. The predicted molar refractivity (Wildman–Crippen MR) is 165 cm³/mol. The summed E-state index contributed by atoms with van der Waals surface area (Å²) in [5, 5.41) is 0. The van der Waals surface area contributed by atoms with Gasteiger partial charge in [-0.25, -0.2) is 4.39 Å². The standard InChI is InChI=1S/C35H36FO7P/c36-33-19-16-28(17-20-33)22-23-42-44(39,43-26-31-14-8-3-9-15-31)27-32(35(38)41-25-30-12-6-2-7-13-30)18-21-34(37)40-24-29-10-4-1-5-11-29/h1-17,19-20,32H,18,21-27H2/t32-,44?/m1/s1. The van der Waals surface area contributed by atoms with Crippen LogP contribution >= 0.6 is 7.60 Å². The van der Waals surface area contributed by atoms with Crippen molar-refractivity contribution in [2.75, 3.05) is 12.8 Å². The van der Waals surface area contributed by atoms with Crippen molar-refractivity contribution in [3.8, 4) is 0 Å². The van der Waals surface area contributed by atoms with Gasteiger partial charge in [-0.2, -0.15) is 0 Å². The lowest BCUT2D eigenvalue weighted by Crippen LogP contribution is -2.24. The maximum absolute atomic E-state index is 14.1. The third kappa shape index (κ3) is 11.5. The van der Waals surface area contributed by atoms with Crippen molar-refractivity contribution in [1.29, 1.82) is 0 Å². The zero-order valence-electron chi connectivity index (χ0n) is 24.4. The van der Waals surface area contributed by atoms with Crippen LogP contribution in [0.2, 0.25) is 0 Å². The first-order valence-electron chi connectivity index (χ1n) is 14.5. The molecule has 2 atom stereocenters. The molecule has 4 aromatic carbocycles. The Morgan fingerprint density at radius 3 is 1.73 bits per heavy atom. The van der Waals surface area contributed by atoms with E-state index in [1.54, 1.807) is 12.1 Å². The summed E-state index contributed by atoms with van der Waals surface area (Å²) in [4.78, 5) is 26.0. The molecule has 0 amide bonds. The van der Waals surface area contributed by atoms with Gasteiger partial charge in [-0.3, -0.25) is 14.2 Å². The van der Waals surface area contributed by atoms with Gasteiger partial charge >= 0.3 is 19.5 Å². The quantitative estimate of drug-likeness (QED) is 0.0886. The van der Waals surface area contributed by atoms with E-state index >= 15 is 0 Å². The van der Waals surface area contributed by atoms with E-state index in [4.69, 9.17) is 18.5 Å². The van der Waals surface area contributed by atoms with Crippen LogP contribution in [0.5, 0.6) is 0 Å². The van der Waals surface area contributed by atoms with Crippen LogP contribution in [-0.2, 0) is 58.9 Å². The number of hydrogen-bond donors (Lipinski definition) is 0. The number of carbonyl (C=O) groups is 2. The zero-order chi connectivity index (χ0) is 31.0. The van der Waals surface area contributed by atoms with Gasteiger partial charge in [-0.1, -0.05) is 103 Å². The van der Waals surface area contributed by atoms with Crippen molar-refractivity contribution in [1.82, 2.24) is 0 Å². The van der Waals surface area contributed by atoms with Gasteiger partial charge < -0.3 is 18.5 Å². The van der Waals surface area contributed by atoms with Crippen LogP contribution < -0.4 is 0 Å². The lowest BCUT2D eigenvalue weighted by atomic mass is 10.1. The normalized spacial score (nSPS) is 13.0. The average Bonchev–Trinajstić information content (AvgIpc) is 3.06. The van der Waals surface area contributed by atoms with E-state index in [1.807, 2.05) is 91.0 Å². The topological polar surface area (TPSA) is 88.1 Å². The molecule has 0 fully saturated rings. The Kier molecular flexibility index (Phi) is 12.9. The lowest BCUT2D eigenvalue weighted by molar-refractivity contribution is -0.150. The first-order chi connectivity index (χ1) is 21.4. The molecule has 0 saturated carbocycles. The Labute approximate surface area is 257 Å². The van der Waals surface area contributed by atoms with E-state index in [-0.39, 0.29) is 51.2 Å².